The first-order valence-corrected chi connectivity index (χ1v) is 8.91. The molecule has 3 nitrogen and oxygen atoms in total. The summed E-state index contributed by atoms with van der Waals surface area (Å²) in [7, 11) is 1.92. The Kier molecular flexibility index (Phi) is 16.3. The molecule has 0 radical (unpaired) electrons. The van der Waals surface area contributed by atoms with Gasteiger partial charge in [0.25, 0.3) is 0 Å². The Labute approximate surface area is 149 Å². The summed E-state index contributed by atoms with van der Waals surface area (Å²) in [5.74, 6) is 0. The van der Waals surface area contributed by atoms with E-state index in [1.807, 2.05) is 59.9 Å². The van der Waals surface area contributed by atoms with Crippen LogP contribution in [0.5, 0.6) is 0 Å². The third-order valence-corrected chi connectivity index (χ3v) is 3.14. The van der Waals surface area contributed by atoms with Gasteiger partial charge in [0.1, 0.15) is 0 Å². The molecule has 1 aromatic rings. The van der Waals surface area contributed by atoms with Crippen molar-refractivity contribution in [3.8, 4) is 0 Å². The zero-order valence-electron chi connectivity index (χ0n) is 16.5. The zero-order chi connectivity index (χ0) is 19.0. The molecule has 24 heavy (non-hydrogen) atoms. The summed E-state index contributed by atoms with van der Waals surface area (Å²) in [6.07, 6.45) is 10.8. The number of nitrogens with one attached hydrogen (secondary N) is 2. The molecule has 0 fully saturated rings. The van der Waals surface area contributed by atoms with E-state index in [4.69, 9.17) is 5.73 Å². The van der Waals surface area contributed by atoms with E-state index >= 15 is 0 Å². The first-order chi connectivity index (χ1) is 11.7. The van der Waals surface area contributed by atoms with Crippen molar-refractivity contribution in [3.63, 3.8) is 0 Å². The molecular formula is C21H37N3. The van der Waals surface area contributed by atoms with Crippen LogP contribution in [0.4, 0.5) is 0 Å². The molecule has 0 saturated heterocycles. The van der Waals surface area contributed by atoms with E-state index in [9.17, 15) is 0 Å². The fourth-order valence-electron chi connectivity index (χ4n) is 2.24. The van der Waals surface area contributed by atoms with Gasteiger partial charge in [0.15, 0.2) is 0 Å². The number of rotatable bonds is 8. The molecule has 0 saturated carbocycles. The monoisotopic (exact) mass is 331 g/mol. The van der Waals surface area contributed by atoms with E-state index < -0.39 is 0 Å². The van der Waals surface area contributed by atoms with Gasteiger partial charge in [0.2, 0.25) is 0 Å². The van der Waals surface area contributed by atoms with Crippen LogP contribution in [0.15, 0.2) is 31.4 Å². The highest BCUT2D eigenvalue weighted by molar-refractivity contribution is 5.79. The van der Waals surface area contributed by atoms with Crippen molar-refractivity contribution in [3.05, 3.63) is 53.9 Å². The van der Waals surface area contributed by atoms with Crippen molar-refractivity contribution in [2.75, 3.05) is 20.1 Å². The van der Waals surface area contributed by atoms with E-state index in [2.05, 4.69) is 35.6 Å². The van der Waals surface area contributed by atoms with E-state index in [1.165, 1.54) is 11.1 Å². The Hall–Kier alpha value is -1.84. The number of aromatic amines is 1. The number of likely N-dealkylation sites (N-methyl/N-ethyl adjacent to an activating group) is 1. The normalized spacial score (nSPS) is 10.5. The van der Waals surface area contributed by atoms with E-state index in [0.717, 1.165) is 29.9 Å². The van der Waals surface area contributed by atoms with Gasteiger partial charge >= 0.3 is 0 Å². The van der Waals surface area contributed by atoms with Crippen LogP contribution in [0.3, 0.4) is 0 Å². The van der Waals surface area contributed by atoms with Gasteiger partial charge in [-0.15, -0.1) is 0 Å². The van der Waals surface area contributed by atoms with Gasteiger partial charge in [-0.1, -0.05) is 65.2 Å². The highest BCUT2D eigenvalue weighted by atomic mass is 14.8. The maximum Gasteiger partial charge on any atom is 0.0494 e. The highest BCUT2D eigenvalue weighted by Gasteiger charge is 2.14. The lowest BCUT2D eigenvalue weighted by molar-refractivity contribution is 0.919. The number of nitrogens with two attached hydrogens (primary N) is 1. The van der Waals surface area contributed by atoms with Gasteiger partial charge in [-0.2, -0.15) is 0 Å². The number of H-pyrrole nitrogens is 1. The van der Waals surface area contributed by atoms with Crippen molar-refractivity contribution in [1.29, 1.82) is 0 Å². The molecule has 0 atom stereocenters. The Bertz CT molecular complexity index is 519. The van der Waals surface area contributed by atoms with Gasteiger partial charge in [-0.25, -0.2) is 0 Å². The quantitative estimate of drug-likeness (QED) is 0.585. The Morgan fingerprint density at radius 2 is 1.83 bits per heavy atom. The molecule has 0 aromatic carbocycles. The van der Waals surface area contributed by atoms with E-state index in [0.29, 0.717) is 6.54 Å². The molecule has 4 N–H and O–H groups in total. The molecule has 0 aliphatic carbocycles. The SMILES string of the molecule is C=C/C(=C\CNC)c1[nH]c(C=C)c(/C=C\C)c1CCN.CC.CC. The third kappa shape index (κ3) is 7.16. The van der Waals surface area contributed by atoms with E-state index in [-0.39, 0.29) is 0 Å². The van der Waals surface area contributed by atoms with Crippen LogP contribution in [0.25, 0.3) is 17.7 Å². The predicted molar refractivity (Wildman–Crippen MR) is 113 cm³/mol. The molecule has 136 valence electrons. The first kappa shape index (κ1) is 24.4. The fourth-order valence-corrected chi connectivity index (χ4v) is 2.24. The highest BCUT2D eigenvalue weighted by Crippen LogP contribution is 2.28. The summed E-state index contributed by atoms with van der Waals surface area (Å²) in [6, 6.07) is 0. The number of allylic oxidation sites excluding steroid dienone is 3. The summed E-state index contributed by atoms with van der Waals surface area (Å²) in [6.45, 7) is 19.2. The predicted octanol–water partition coefficient (Wildman–Crippen LogP) is 5.03. The molecule has 0 amide bonds. The minimum absolute atomic E-state index is 0.614. The molecule has 0 spiro atoms. The van der Waals surface area contributed by atoms with Crippen LogP contribution < -0.4 is 11.1 Å². The second-order valence-electron chi connectivity index (χ2n) is 4.47. The summed E-state index contributed by atoms with van der Waals surface area (Å²) in [5.41, 5.74) is 11.4. The molecule has 0 aliphatic heterocycles. The van der Waals surface area contributed by atoms with Crippen LogP contribution >= 0.6 is 0 Å². The number of hydrogen-bond acceptors (Lipinski definition) is 2. The average molecular weight is 332 g/mol. The molecule has 0 unspecified atom stereocenters. The fraction of sp³-hybridized carbons (Fsp3) is 0.429. The van der Waals surface area contributed by atoms with Crippen LogP contribution in [0.2, 0.25) is 0 Å². The minimum atomic E-state index is 0.614. The lowest BCUT2D eigenvalue weighted by Gasteiger charge is -2.06. The number of hydrogen-bond donors (Lipinski definition) is 3. The third-order valence-electron chi connectivity index (χ3n) is 3.14. The van der Waals surface area contributed by atoms with Crippen molar-refractivity contribution < 1.29 is 0 Å². The van der Waals surface area contributed by atoms with Crippen molar-refractivity contribution in [2.45, 2.75) is 41.0 Å². The number of aromatic nitrogens is 1. The van der Waals surface area contributed by atoms with E-state index in [1.54, 1.807) is 0 Å². The molecule has 1 aromatic heterocycles. The summed E-state index contributed by atoms with van der Waals surface area (Å²) >= 11 is 0. The van der Waals surface area contributed by atoms with Gasteiger partial charge in [-0.05, 0) is 44.1 Å². The van der Waals surface area contributed by atoms with Crippen LogP contribution in [0, 0.1) is 0 Å². The molecule has 1 rings (SSSR count). The summed E-state index contributed by atoms with van der Waals surface area (Å²) < 4.78 is 0. The summed E-state index contributed by atoms with van der Waals surface area (Å²) in [4.78, 5) is 3.44. The largest absolute Gasteiger partial charge is 0.354 e. The lowest BCUT2D eigenvalue weighted by Crippen LogP contribution is -2.07. The van der Waals surface area contributed by atoms with Gasteiger partial charge in [-0.3, -0.25) is 0 Å². The average Bonchev–Trinajstić information content (AvgIpc) is 2.98. The maximum atomic E-state index is 5.77. The second-order valence-corrected chi connectivity index (χ2v) is 4.47. The Balaban J connectivity index is 0. The van der Waals surface area contributed by atoms with Gasteiger partial charge < -0.3 is 16.0 Å². The molecule has 1 heterocycles. The van der Waals surface area contributed by atoms with Crippen molar-refractivity contribution >= 4 is 17.7 Å². The van der Waals surface area contributed by atoms with Gasteiger partial charge in [0.05, 0.1) is 0 Å². The lowest BCUT2D eigenvalue weighted by atomic mass is 10.0. The second kappa shape index (κ2) is 16.0. The standard InChI is InChI=1S/C17H25N3.2C2H6/c1-5-8-14-15(9-11-18)17(20-16(14)7-3)13(6-2)10-12-19-4;2*1-2/h5-8,10,19-20H,2-3,9,11-12,18H2,1,4H3;2*1-2H3/b8-5-,13-10+;;. The molecular weight excluding hydrogens is 294 g/mol. The van der Waals surface area contributed by atoms with Crippen molar-refractivity contribution in [2.24, 2.45) is 5.73 Å². The van der Waals surface area contributed by atoms with Crippen LogP contribution in [-0.2, 0) is 6.42 Å². The topological polar surface area (TPSA) is 53.8 Å². The first-order valence-electron chi connectivity index (χ1n) is 8.91. The molecule has 0 bridgehead atoms. The zero-order valence-corrected chi connectivity index (χ0v) is 16.5. The van der Waals surface area contributed by atoms with Crippen LogP contribution in [0.1, 0.15) is 57.1 Å². The van der Waals surface area contributed by atoms with Crippen LogP contribution in [-0.4, -0.2) is 25.1 Å². The van der Waals surface area contributed by atoms with Gasteiger partial charge in [0, 0.05) is 23.5 Å². The summed E-state index contributed by atoms with van der Waals surface area (Å²) in [5, 5.41) is 3.12. The molecule has 0 aliphatic rings. The Morgan fingerprint density at radius 3 is 2.25 bits per heavy atom. The smallest absolute Gasteiger partial charge is 0.0494 e. The minimum Gasteiger partial charge on any atom is -0.354 e. The molecule has 3 heteroatoms. The van der Waals surface area contributed by atoms with Crippen molar-refractivity contribution in [1.82, 2.24) is 10.3 Å². The maximum absolute atomic E-state index is 5.77. The Morgan fingerprint density at radius 1 is 1.21 bits per heavy atom.